The minimum atomic E-state index is -0.408. The van der Waals surface area contributed by atoms with Gasteiger partial charge in [-0.25, -0.2) is 0 Å². The summed E-state index contributed by atoms with van der Waals surface area (Å²) in [6.45, 7) is 3.97. The first-order valence-electron chi connectivity index (χ1n) is 9.88. The van der Waals surface area contributed by atoms with Crippen molar-refractivity contribution in [1.82, 2.24) is 4.57 Å². The van der Waals surface area contributed by atoms with Crippen molar-refractivity contribution in [1.29, 1.82) is 0 Å². The van der Waals surface area contributed by atoms with E-state index < -0.39 is 5.78 Å². The Morgan fingerprint density at radius 2 is 1.61 bits per heavy atom. The summed E-state index contributed by atoms with van der Waals surface area (Å²) < 4.78 is 7.90. The number of carbonyl (C=O) groups excluding carboxylic acids is 1. The number of terminal acetylenes is 1. The van der Waals surface area contributed by atoms with Gasteiger partial charge in [-0.1, -0.05) is 36.4 Å². The molecule has 152 valence electrons. The molecule has 0 aliphatic rings. The molecule has 4 nitrogen and oxygen atoms in total. The van der Waals surface area contributed by atoms with Gasteiger partial charge in [0.2, 0.25) is 5.78 Å². The summed E-state index contributed by atoms with van der Waals surface area (Å²) in [7, 11) is 1.71. The highest BCUT2D eigenvalue weighted by Crippen LogP contribution is 2.39. The molecule has 3 aromatic carbocycles. The maximum absolute atomic E-state index is 12.6. The number of rotatable bonds is 4. The SMILES string of the molecule is C#CC(=O)c1ccc(Oc2c(C)cccc2C)c(-c2cn(C)c(=O)c3ccccc23)c1. The maximum Gasteiger partial charge on any atom is 0.258 e. The largest absolute Gasteiger partial charge is 0.456 e. The van der Waals surface area contributed by atoms with Gasteiger partial charge in [-0.3, -0.25) is 9.59 Å². The van der Waals surface area contributed by atoms with Crippen LogP contribution >= 0.6 is 0 Å². The zero-order valence-corrected chi connectivity index (χ0v) is 17.6. The fourth-order valence-corrected chi connectivity index (χ4v) is 3.76. The summed E-state index contributed by atoms with van der Waals surface area (Å²) in [6, 6.07) is 18.5. The zero-order chi connectivity index (χ0) is 22.1. The van der Waals surface area contributed by atoms with E-state index >= 15 is 0 Å². The monoisotopic (exact) mass is 407 g/mol. The van der Waals surface area contributed by atoms with E-state index in [1.807, 2.05) is 50.2 Å². The van der Waals surface area contributed by atoms with E-state index in [1.54, 1.807) is 37.5 Å². The number of ether oxygens (including phenoxy) is 1. The van der Waals surface area contributed by atoms with Crippen molar-refractivity contribution >= 4 is 16.6 Å². The topological polar surface area (TPSA) is 48.3 Å². The van der Waals surface area contributed by atoms with Gasteiger partial charge in [0.25, 0.3) is 5.56 Å². The summed E-state index contributed by atoms with van der Waals surface area (Å²) in [5.41, 5.74) is 3.78. The lowest BCUT2D eigenvalue weighted by Gasteiger charge is -2.17. The van der Waals surface area contributed by atoms with E-state index in [0.29, 0.717) is 22.3 Å². The van der Waals surface area contributed by atoms with E-state index in [-0.39, 0.29) is 5.56 Å². The van der Waals surface area contributed by atoms with Crippen LogP contribution in [0.25, 0.3) is 21.9 Å². The van der Waals surface area contributed by atoms with Gasteiger partial charge in [0.15, 0.2) is 0 Å². The minimum absolute atomic E-state index is 0.0903. The van der Waals surface area contributed by atoms with Gasteiger partial charge in [0, 0.05) is 35.3 Å². The minimum Gasteiger partial charge on any atom is -0.456 e. The van der Waals surface area contributed by atoms with Crippen LogP contribution in [0.4, 0.5) is 0 Å². The Labute approximate surface area is 180 Å². The Kier molecular flexibility index (Phi) is 5.19. The average Bonchev–Trinajstić information content (AvgIpc) is 2.78. The molecule has 31 heavy (non-hydrogen) atoms. The Balaban J connectivity index is 2.02. The van der Waals surface area contributed by atoms with Gasteiger partial charge in [-0.15, -0.1) is 6.42 Å². The molecule has 4 aromatic rings. The summed E-state index contributed by atoms with van der Waals surface area (Å²) >= 11 is 0. The number of ketones is 1. The Morgan fingerprint density at radius 1 is 0.935 bits per heavy atom. The van der Waals surface area contributed by atoms with Gasteiger partial charge in [0.1, 0.15) is 11.5 Å². The van der Waals surface area contributed by atoms with Crippen LogP contribution in [0.5, 0.6) is 11.5 Å². The summed E-state index contributed by atoms with van der Waals surface area (Å²) in [5.74, 6) is 3.10. The Bertz CT molecular complexity index is 1420. The lowest BCUT2D eigenvalue weighted by atomic mass is 9.97. The molecule has 0 aliphatic carbocycles. The first-order chi connectivity index (χ1) is 14.9. The fourth-order valence-electron chi connectivity index (χ4n) is 3.76. The van der Waals surface area contributed by atoms with Crippen molar-refractivity contribution in [3.63, 3.8) is 0 Å². The van der Waals surface area contributed by atoms with E-state index in [9.17, 15) is 9.59 Å². The molecule has 4 rings (SSSR count). The molecular weight excluding hydrogens is 386 g/mol. The van der Waals surface area contributed by atoms with Crippen molar-refractivity contribution in [2.45, 2.75) is 13.8 Å². The second-order valence-electron chi connectivity index (χ2n) is 7.51. The number of para-hydroxylation sites is 1. The lowest BCUT2D eigenvalue weighted by Crippen LogP contribution is -2.16. The lowest BCUT2D eigenvalue weighted by molar-refractivity contribution is 0.105. The molecule has 0 amide bonds. The predicted molar refractivity (Wildman–Crippen MR) is 124 cm³/mol. The van der Waals surface area contributed by atoms with Crippen LogP contribution in [-0.2, 0) is 7.05 Å². The number of nitrogens with zero attached hydrogens (tertiary/aromatic N) is 1. The molecule has 4 heteroatoms. The summed E-state index contributed by atoms with van der Waals surface area (Å²) in [6.07, 6.45) is 7.12. The third kappa shape index (κ3) is 3.62. The van der Waals surface area contributed by atoms with Gasteiger partial charge in [-0.2, -0.15) is 0 Å². The maximum atomic E-state index is 12.6. The molecule has 0 aliphatic heterocycles. The summed E-state index contributed by atoms with van der Waals surface area (Å²) in [4.78, 5) is 24.9. The van der Waals surface area contributed by atoms with Crippen LogP contribution in [0, 0.1) is 26.2 Å². The fraction of sp³-hybridized carbons (Fsp3) is 0.111. The quantitative estimate of drug-likeness (QED) is 0.257. The highest BCUT2D eigenvalue weighted by molar-refractivity contribution is 6.10. The molecule has 0 bridgehead atoms. The number of benzene rings is 3. The van der Waals surface area contributed by atoms with Crippen molar-refractivity contribution in [2.24, 2.45) is 7.05 Å². The second-order valence-corrected chi connectivity index (χ2v) is 7.51. The number of Topliss-reactive ketones (excluding diaryl/α,β-unsaturated/α-hetero) is 1. The van der Waals surface area contributed by atoms with Crippen LogP contribution in [0.15, 0.2) is 71.7 Å². The number of carbonyl (C=O) groups is 1. The molecule has 0 unspecified atom stereocenters. The number of aromatic nitrogens is 1. The number of hydrogen-bond acceptors (Lipinski definition) is 3. The number of hydrogen-bond donors (Lipinski definition) is 0. The summed E-state index contributed by atoms with van der Waals surface area (Å²) in [5, 5.41) is 1.37. The standard InChI is InChI=1S/C27H21NO3/c1-5-24(29)19-13-14-25(31-26-17(2)9-8-10-18(26)3)22(15-19)23-16-28(4)27(30)21-12-7-6-11-20(21)23/h1,6-16H,2-4H3. The molecule has 0 radical (unpaired) electrons. The number of pyridine rings is 1. The van der Waals surface area contributed by atoms with Crippen LogP contribution in [0.1, 0.15) is 21.5 Å². The molecule has 0 atom stereocenters. The average molecular weight is 407 g/mol. The molecule has 0 N–H and O–H groups in total. The van der Waals surface area contributed by atoms with Gasteiger partial charge < -0.3 is 9.30 Å². The van der Waals surface area contributed by atoms with Crippen molar-refractivity contribution in [3.8, 4) is 35.0 Å². The van der Waals surface area contributed by atoms with Crippen LogP contribution < -0.4 is 10.3 Å². The van der Waals surface area contributed by atoms with Gasteiger partial charge in [-0.05, 0) is 60.5 Å². The van der Waals surface area contributed by atoms with E-state index in [1.165, 1.54) is 4.57 Å². The van der Waals surface area contributed by atoms with Gasteiger partial charge in [0.05, 0.1) is 0 Å². The van der Waals surface area contributed by atoms with Crippen LogP contribution in [0.3, 0.4) is 0 Å². The second kappa shape index (κ2) is 7.97. The molecular formula is C27H21NO3. The molecule has 1 aromatic heterocycles. The van der Waals surface area contributed by atoms with Crippen LogP contribution in [0.2, 0.25) is 0 Å². The normalized spacial score (nSPS) is 10.6. The van der Waals surface area contributed by atoms with Crippen molar-refractivity contribution in [3.05, 3.63) is 93.9 Å². The highest BCUT2D eigenvalue weighted by Gasteiger charge is 2.17. The first kappa shape index (κ1) is 20.2. The van der Waals surface area contributed by atoms with E-state index in [2.05, 4.69) is 5.92 Å². The molecule has 1 heterocycles. The third-order valence-electron chi connectivity index (χ3n) is 5.37. The smallest absolute Gasteiger partial charge is 0.258 e. The predicted octanol–water partition coefficient (Wildman–Crippen LogP) is 5.43. The molecule has 0 saturated heterocycles. The highest BCUT2D eigenvalue weighted by atomic mass is 16.5. The third-order valence-corrected chi connectivity index (χ3v) is 5.37. The molecule has 0 fully saturated rings. The number of aryl methyl sites for hydroxylation is 3. The number of fused-ring (bicyclic) bond motifs is 1. The Morgan fingerprint density at radius 3 is 2.29 bits per heavy atom. The molecule has 0 saturated carbocycles. The first-order valence-corrected chi connectivity index (χ1v) is 9.88. The van der Waals surface area contributed by atoms with Gasteiger partial charge >= 0.3 is 0 Å². The van der Waals surface area contributed by atoms with E-state index in [4.69, 9.17) is 11.2 Å². The zero-order valence-electron chi connectivity index (χ0n) is 17.6. The van der Waals surface area contributed by atoms with E-state index in [0.717, 1.165) is 27.8 Å². The Hall–Kier alpha value is -4.10. The molecule has 0 spiro atoms. The van der Waals surface area contributed by atoms with Crippen LogP contribution in [-0.4, -0.2) is 10.4 Å². The van der Waals surface area contributed by atoms with Crippen molar-refractivity contribution < 1.29 is 9.53 Å². The van der Waals surface area contributed by atoms with Crippen molar-refractivity contribution in [2.75, 3.05) is 0 Å².